The maximum Gasteiger partial charge on any atom is 1.00 e. The summed E-state index contributed by atoms with van der Waals surface area (Å²) in [6.07, 6.45) is 1.32. The quantitative estimate of drug-likeness (QED) is 0.277. The molecule has 0 bridgehead atoms. The zero-order valence-corrected chi connectivity index (χ0v) is 9.60. The van der Waals surface area contributed by atoms with Gasteiger partial charge in [-0.2, -0.15) is 8.42 Å². The summed E-state index contributed by atoms with van der Waals surface area (Å²) in [5, 5.41) is 9.18. The van der Waals surface area contributed by atoms with E-state index in [1.807, 2.05) is 0 Å². The van der Waals surface area contributed by atoms with Gasteiger partial charge < -0.3 is 5.11 Å². The van der Waals surface area contributed by atoms with Gasteiger partial charge in [0.25, 0.3) is 10.1 Å². The summed E-state index contributed by atoms with van der Waals surface area (Å²) in [6, 6.07) is 0. The average Bonchev–Trinajstić information content (AvgIpc) is 1.87. The first-order chi connectivity index (χ1) is 4.47. The molecular weight excluding hydrogens is 179 g/mol. The molecule has 1 N–H and O–H groups in total. The van der Waals surface area contributed by atoms with Crippen LogP contribution in [-0.4, -0.2) is 25.3 Å². The predicted octanol–water partition coefficient (Wildman–Crippen LogP) is -3.57. The average molecular weight is 190 g/mol. The zero-order valence-electron chi connectivity index (χ0n) is 6.78. The molecule has 6 heteroatoms. The minimum atomic E-state index is -3.66. The first kappa shape index (κ1) is 17.6. The SMILES string of the molecule is C=CC[O-].CCS(=O)(=O)O.[Na+]. The van der Waals surface area contributed by atoms with Crippen LogP contribution in [0.15, 0.2) is 12.7 Å². The second-order valence-corrected chi connectivity index (χ2v) is 3.07. The molecule has 0 atom stereocenters. The third kappa shape index (κ3) is 37.0. The van der Waals surface area contributed by atoms with Gasteiger partial charge in [0.05, 0.1) is 5.75 Å². The Morgan fingerprint density at radius 2 is 1.82 bits per heavy atom. The van der Waals surface area contributed by atoms with E-state index in [2.05, 4.69) is 6.58 Å². The summed E-state index contributed by atoms with van der Waals surface area (Å²) in [6.45, 7) is 4.37. The van der Waals surface area contributed by atoms with E-state index >= 15 is 0 Å². The van der Waals surface area contributed by atoms with Crippen LogP contribution in [0.3, 0.4) is 0 Å². The van der Waals surface area contributed by atoms with Crippen molar-refractivity contribution < 1.29 is 47.6 Å². The van der Waals surface area contributed by atoms with Crippen molar-refractivity contribution in [3.05, 3.63) is 12.7 Å². The fourth-order valence-corrected chi connectivity index (χ4v) is 0. The summed E-state index contributed by atoms with van der Waals surface area (Å²) in [7, 11) is -3.66. The fraction of sp³-hybridized carbons (Fsp3) is 0.600. The van der Waals surface area contributed by atoms with Gasteiger partial charge in [0.15, 0.2) is 0 Å². The van der Waals surface area contributed by atoms with Crippen LogP contribution in [0.4, 0.5) is 0 Å². The van der Waals surface area contributed by atoms with Crippen LogP contribution in [0.2, 0.25) is 0 Å². The summed E-state index contributed by atoms with van der Waals surface area (Å²) in [5.74, 6) is -0.201. The van der Waals surface area contributed by atoms with Gasteiger partial charge in [-0.05, 0) is 6.92 Å². The van der Waals surface area contributed by atoms with Crippen molar-refractivity contribution in [3.8, 4) is 0 Å². The van der Waals surface area contributed by atoms with Crippen LogP contribution < -0.4 is 34.7 Å². The topological polar surface area (TPSA) is 77.4 Å². The molecule has 11 heavy (non-hydrogen) atoms. The molecule has 0 saturated carbocycles. The monoisotopic (exact) mass is 190 g/mol. The van der Waals surface area contributed by atoms with Crippen molar-refractivity contribution in [3.63, 3.8) is 0 Å². The van der Waals surface area contributed by atoms with Gasteiger partial charge in [-0.15, -0.1) is 19.3 Å². The third-order valence-electron chi connectivity index (χ3n) is 0.483. The maximum atomic E-state index is 9.56. The summed E-state index contributed by atoms with van der Waals surface area (Å²) >= 11 is 0. The van der Waals surface area contributed by atoms with E-state index in [1.165, 1.54) is 13.0 Å². The van der Waals surface area contributed by atoms with Gasteiger partial charge >= 0.3 is 29.6 Å². The van der Waals surface area contributed by atoms with Crippen molar-refractivity contribution in [2.24, 2.45) is 0 Å². The van der Waals surface area contributed by atoms with Crippen molar-refractivity contribution >= 4 is 10.1 Å². The van der Waals surface area contributed by atoms with E-state index < -0.39 is 10.1 Å². The first-order valence-corrected chi connectivity index (χ1v) is 4.23. The smallest absolute Gasteiger partial charge is 0.851 e. The zero-order chi connectivity index (χ0) is 8.62. The van der Waals surface area contributed by atoms with Crippen molar-refractivity contribution in [2.75, 3.05) is 12.4 Å². The standard InChI is InChI=1S/C3H5O.C2H6O3S.Na/c1-2-3-4;1-2-6(3,4)5;/h2H,1,3H2;2H2,1H3,(H,3,4,5);/q-1;;+1. The molecule has 4 nitrogen and oxygen atoms in total. The van der Waals surface area contributed by atoms with E-state index in [4.69, 9.17) is 4.55 Å². The Morgan fingerprint density at radius 3 is 1.82 bits per heavy atom. The Balaban J connectivity index is -0.000000114. The molecule has 62 valence electrons. The molecule has 0 rings (SSSR count). The van der Waals surface area contributed by atoms with Crippen molar-refractivity contribution in [1.82, 2.24) is 0 Å². The number of hydrogen-bond acceptors (Lipinski definition) is 3. The molecule has 0 radical (unpaired) electrons. The van der Waals surface area contributed by atoms with Crippen molar-refractivity contribution in [2.45, 2.75) is 6.92 Å². The minimum absolute atomic E-state index is 0. The van der Waals surface area contributed by atoms with E-state index in [9.17, 15) is 13.5 Å². The Morgan fingerprint density at radius 1 is 1.64 bits per heavy atom. The molecular formula is C5H11NaO4S. The molecule has 0 spiro atoms. The van der Waals surface area contributed by atoms with E-state index in [0.29, 0.717) is 0 Å². The van der Waals surface area contributed by atoms with Gasteiger partial charge in [-0.25, -0.2) is 0 Å². The molecule has 0 aromatic carbocycles. The summed E-state index contributed by atoms with van der Waals surface area (Å²) in [5.41, 5.74) is 0. The third-order valence-corrected chi connectivity index (χ3v) is 1.21. The molecule has 0 saturated heterocycles. The van der Waals surface area contributed by atoms with Crippen LogP contribution in [-0.2, 0) is 10.1 Å². The van der Waals surface area contributed by atoms with E-state index in [1.54, 1.807) is 0 Å². The molecule has 0 heterocycles. The van der Waals surface area contributed by atoms with Crippen LogP contribution >= 0.6 is 0 Å². The molecule has 0 fully saturated rings. The van der Waals surface area contributed by atoms with Gasteiger partial charge in [0.2, 0.25) is 0 Å². The van der Waals surface area contributed by atoms with Crippen LogP contribution in [0.1, 0.15) is 6.92 Å². The van der Waals surface area contributed by atoms with E-state index in [0.717, 1.165) is 0 Å². The Labute approximate surface area is 89.4 Å². The Hall–Kier alpha value is 0.610. The van der Waals surface area contributed by atoms with Crippen molar-refractivity contribution in [1.29, 1.82) is 0 Å². The molecule has 0 aromatic rings. The predicted molar refractivity (Wildman–Crippen MR) is 37.2 cm³/mol. The van der Waals surface area contributed by atoms with Crippen LogP contribution in [0, 0.1) is 0 Å². The minimum Gasteiger partial charge on any atom is -0.851 e. The largest absolute Gasteiger partial charge is 1.00 e. The summed E-state index contributed by atoms with van der Waals surface area (Å²) < 4.78 is 26.9. The first-order valence-electron chi connectivity index (χ1n) is 2.62. The molecule has 0 aliphatic heterocycles. The molecule has 0 unspecified atom stereocenters. The molecule has 0 aliphatic rings. The van der Waals surface area contributed by atoms with Crippen LogP contribution in [0.25, 0.3) is 0 Å². The van der Waals surface area contributed by atoms with Crippen LogP contribution in [0.5, 0.6) is 0 Å². The normalized spacial score (nSPS) is 8.64. The number of rotatable bonds is 2. The van der Waals surface area contributed by atoms with Gasteiger partial charge in [0.1, 0.15) is 0 Å². The summed E-state index contributed by atoms with van der Waals surface area (Å²) in [4.78, 5) is 0. The van der Waals surface area contributed by atoms with Gasteiger partial charge in [-0.3, -0.25) is 4.55 Å². The molecule has 0 amide bonds. The second-order valence-electron chi connectivity index (χ2n) is 1.33. The molecule has 0 aliphatic carbocycles. The maximum absolute atomic E-state index is 9.56. The van der Waals surface area contributed by atoms with Gasteiger partial charge in [0, 0.05) is 0 Å². The Bertz CT molecular complexity index is 163. The fourth-order valence-electron chi connectivity index (χ4n) is 0. The molecule has 0 aromatic heterocycles. The second kappa shape index (κ2) is 10.6. The number of hydrogen-bond donors (Lipinski definition) is 1. The van der Waals surface area contributed by atoms with Gasteiger partial charge in [-0.1, -0.05) is 0 Å². The van der Waals surface area contributed by atoms with E-state index in [-0.39, 0.29) is 41.9 Å². The Kier molecular flexibility index (Phi) is 17.0.